The highest BCUT2D eigenvalue weighted by molar-refractivity contribution is 14.0. The third-order valence-corrected chi connectivity index (χ3v) is 5.73. The Morgan fingerprint density at radius 2 is 2.00 bits per heavy atom. The highest BCUT2D eigenvalue weighted by Crippen LogP contribution is 2.30. The Balaban J connectivity index is 0.00000300. The Morgan fingerprint density at radius 3 is 2.79 bits per heavy atom. The number of guanidine groups is 1. The van der Waals surface area contributed by atoms with Gasteiger partial charge in [0.1, 0.15) is 5.75 Å². The third-order valence-electron chi connectivity index (χ3n) is 5.73. The molecule has 0 spiro atoms. The normalized spacial score (nSPS) is 17.3. The molecule has 6 nitrogen and oxygen atoms in total. The summed E-state index contributed by atoms with van der Waals surface area (Å²) in [4.78, 5) is 4.29. The number of hydrogen-bond donors (Lipinski definition) is 3. The molecule has 3 rings (SSSR count). The SMILES string of the molecule is CN=C(NCCCOCC1CCOCC1)NCc1c(O)ccc2c1CCCC2.I. The van der Waals surface area contributed by atoms with Crippen molar-refractivity contribution in [3.05, 3.63) is 28.8 Å². The number of aliphatic imine (C=N–C) groups is 1. The van der Waals surface area contributed by atoms with Crippen LogP contribution in [-0.2, 0) is 28.9 Å². The van der Waals surface area contributed by atoms with E-state index in [1.165, 1.54) is 24.0 Å². The lowest BCUT2D eigenvalue weighted by Gasteiger charge is -2.22. The predicted octanol–water partition coefficient (Wildman–Crippen LogP) is 3.39. The largest absolute Gasteiger partial charge is 0.508 e. The Hall–Kier alpha value is -1.06. The van der Waals surface area contributed by atoms with Gasteiger partial charge in [-0.2, -0.15) is 0 Å². The van der Waals surface area contributed by atoms with Crippen LogP contribution in [0.5, 0.6) is 5.75 Å². The Morgan fingerprint density at radius 1 is 1.21 bits per heavy atom. The maximum Gasteiger partial charge on any atom is 0.191 e. The van der Waals surface area contributed by atoms with Crippen molar-refractivity contribution < 1.29 is 14.6 Å². The molecule has 1 aromatic carbocycles. The van der Waals surface area contributed by atoms with E-state index in [1.54, 1.807) is 7.05 Å². The zero-order valence-corrected chi connectivity index (χ0v) is 19.9. The molecular weight excluding hydrogens is 481 g/mol. The van der Waals surface area contributed by atoms with Crippen LogP contribution in [-0.4, -0.2) is 51.1 Å². The molecule has 164 valence electrons. The van der Waals surface area contributed by atoms with Crippen LogP contribution >= 0.6 is 24.0 Å². The highest BCUT2D eigenvalue weighted by Gasteiger charge is 2.16. The lowest BCUT2D eigenvalue weighted by molar-refractivity contribution is 0.0203. The summed E-state index contributed by atoms with van der Waals surface area (Å²) in [7, 11) is 1.78. The summed E-state index contributed by atoms with van der Waals surface area (Å²) in [6, 6.07) is 3.90. The average Bonchev–Trinajstić information content (AvgIpc) is 2.74. The minimum absolute atomic E-state index is 0. The number of benzene rings is 1. The van der Waals surface area contributed by atoms with E-state index in [1.807, 2.05) is 6.07 Å². The predicted molar refractivity (Wildman–Crippen MR) is 127 cm³/mol. The zero-order chi connectivity index (χ0) is 19.6. The molecule has 0 aromatic heterocycles. The van der Waals surface area contributed by atoms with Crippen LogP contribution in [0.25, 0.3) is 0 Å². The van der Waals surface area contributed by atoms with E-state index in [0.717, 1.165) is 76.6 Å². The molecule has 1 heterocycles. The Labute approximate surface area is 191 Å². The van der Waals surface area contributed by atoms with E-state index < -0.39 is 0 Å². The summed E-state index contributed by atoms with van der Waals surface area (Å²) in [5.41, 5.74) is 3.71. The summed E-state index contributed by atoms with van der Waals surface area (Å²) < 4.78 is 11.2. The molecule has 0 amide bonds. The van der Waals surface area contributed by atoms with Gasteiger partial charge >= 0.3 is 0 Å². The summed E-state index contributed by atoms with van der Waals surface area (Å²) in [5, 5.41) is 17.0. The van der Waals surface area contributed by atoms with E-state index >= 15 is 0 Å². The number of phenolic OH excluding ortho intramolecular Hbond substituents is 1. The second-order valence-corrected chi connectivity index (χ2v) is 7.74. The van der Waals surface area contributed by atoms with Crippen LogP contribution in [0.4, 0.5) is 0 Å². The maximum absolute atomic E-state index is 10.3. The van der Waals surface area contributed by atoms with Crippen molar-refractivity contribution in [3.63, 3.8) is 0 Å². The number of aromatic hydroxyl groups is 1. The first kappa shape index (κ1) is 24.2. The standard InChI is InChI=1S/C22H35N3O3.HI/c1-23-22(24-11-4-12-28-16-17-9-13-27-14-10-17)25-15-20-19-6-3-2-5-18(19)7-8-21(20)26;/h7-8,17,26H,2-6,9-16H2,1H3,(H2,23,24,25);1H. The molecule has 0 atom stereocenters. The van der Waals surface area contributed by atoms with Crippen molar-refractivity contribution in [1.82, 2.24) is 10.6 Å². The van der Waals surface area contributed by atoms with E-state index in [0.29, 0.717) is 18.2 Å². The molecule has 1 aliphatic carbocycles. The fraction of sp³-hybridized carbons (Fsp3) is 0.682. The monoisotopic (exact) mass is 517 g/mol. The van der Waals surface area contributed by atoms with Gasteiger partial charge in [0.25, 0.3) is 0 Å². The topological polar surface area (TPSA) is 75.1 Å². The number of fused-ring (bicyclic) bond motifs is 1. The molecule has 0 radical (unpaired) electrons. The van der Waals surface area contributed by atoms with Crippen LogP contribution < -0.4 is 10.6 Å². The minimum atomic E-state index is 0. The number of phenols is 1. The van der Waals surface area contributed by atoms with E-state index in [9.17, 15) is 5.11 Å². The van der Waals surface area contributed by atoms with E-state index in [-0.39, 0.29) is 24.0 Å². The van der Waals surface area contributed by atoms with Crippen molar-refractivity contribution in [2.24, 2.45) is 10.9 Å². The molecular formula is C22H36IN3O3. The number of nitrogens with zero attached hydrogens (tertiary/aromatic N) is 1. The lowest BCUT2D eigenvalue weighted by Crippen LogP contribution is -2.38. The Kier molecular flexibility index (Phi) is 11.1. The quantitative estimate of drug-likeness (QED) is 0.214. The number of aryl methyl sites for hydroxylation is 1. The van der Waals surface area contributed by atoms with Crippen molar-refractivity contribution in [1.29, 1.82) is 0 Å². The summed E-state index contributed by atoms with van der Waals surface area (Å²) in [5.74, 6) is 1.79. The summed E-state index contributed by atoms with van der Waals surface area (Å²) in [6.07, 6.45) is 7.78. The second-order valence-electron chi connectivity index (χ2n) is 7.74. The third kappa shape index (κ3) is 7.61. The molecule has 0 unspecified atom stereocenters. The van der Waals surface area contributed by atoms with Gasteiger partial charge in [0.15, 0.2) is 5.96 Å². The molecule has 0 bridgehead atoms. The summed E-state index contributed by atoms with van der Waals surface area (Å²) >= 11 is 0. The smallest absolute Gasteiger partial charge is 0.191 e. The molecule has 1 aromatic rings. The fourth-order valence-corrected chi connectivity index (χ4v) is 4.03. The Bertz CT molecular complexity index is 648. The van der Waals surface area contributed by atoms with Gasteiger partial charge in [-0.1, -0.05) is 6.07 Å². The molecule has 0 saturated carbocycles. The fourth-order valence-electron chi connectivity index (χ4n) is 4.03. The molecule has 1 saturated heterocycles. The molecule has 1 fully saturated rings. The van der Waals surface area contributed by atoms with Gasteiger partial charge in [-0.15, -0.1) is 24.0 Å². The average molecular weight is 517 g/mol. The lowest BCUT2D eigenvalue weighted by atomic mass is 9.88. The van der Waals surface area contributed by atoms with Crippen molar-refractivity contribution in [2.45, 2.75) is 51.5 Å². The van der Waals surface area contributed by atoms with Gasteiger partial charge in [0.05, 0.1) is 0 Å². The maximum atomic E-state index is 10.3. The van der Waals surface area contributed by atoms with Crippen LogP contribution in [0.3, 0.4) is 0 Å². The molecule has 29 heavy (non-hydrogen) atoms. The van der Waals surface area contributed by atoms with Gasteiger partial charge in [0.2, 0.25) is 0 Å². The first-order chi connectivity index (χ1) is 13.8. The van der Waals surface area contributed by atoms with E-state index in [2.05, 4.69) is 21.7 Å². The van der Waals surface area contributed by atoms with Gasteiger partial charge in [-0.3, -0.25) is 4.99 Å². The molecule has 1 aliphatic heterocycles. The first-order valence-electron chi connectivity index (χ1n) is 10.7. The molecule has 2 aliphatic rings. The zero-order valence-electron chi connectivity index (χ0n) is 17.5. The minimum Gasteiger partial charge on any atom is -0.508 e. The number of nitrogens with one attached hydrogen (secondary N) is 2. The van der Waals surface area contributed by atoms with Crippen molar-refractivity contribution in [3.8, 4) is 5.75 Å². The highest BCUT2D eigenvalue weighted by atomic mass is 127. The van der Waals surface area contributed by atoms with Crippen molar-refractivity contribution in [2.75, 3.05) is 40.0 Å². The summed E-state index contributed by atoms with van der Waals surface area (Å²) in [6.45, 7) is 4.75. The van der Waals surface area contributed by atoms with Crippen LogP contribution in [0.2, 0.25) is 0 Å². The number of halogens is 1. The second kappa shape index (κ2) is 13.3. The van der Waals surface area contributed by atoms with Crippen LogP contribution in [0, 0.1) is 5.92 Å². The number of ether oxygens (including phenoxy) is 2. The molecule has 7 heteroatoms. The van der Waals surface area contributed by atoms with Gasteiger partial charge in [0, 0.05) is 52.1 Å². The van der Waals surface area contributed by atoms with Gasteiger partial charge < -0.3 is 25.2 Å². The first-order valence-corrected chi connectivity index (χ1v) is 10.7. The van der Waals surface area contributed by atoms with Crippen LogP contribution in [0.15, 0.2) is 17.1 Å². The molecule has 3 N–H and O–H groups in total. The van der Waals surface area contributed by atoms with E-state index in [4.69, 9.17) is 9.47 Å². The number of rotatable bonds is 8. The van der Waals surface area contributed by atoms with Gasteiger partial charge in [-0.05, 0) is 68.1 Å². The van der Waals surface area contributed by atoms with Crippen LogP contribution in [0.1, 0.15) is 48.8 Å². The van der Waals surface area contributed by atoms with Crippen molar-refractivity contribution >= 4 is 29.9 Å². The van der Waals surface area contributed by atoms with Gasteiger partial charge in [-0.25, -0.2) is 0 Å². The number of hydrogen-bond acceptors (Lipinski definition) is 4.